The van der Waals surface area contributed by atoms with Gasteiger partial charge < -0.3 is 10.2 Å². The van der Waals surface area contributed by atoms with Gasteiger partial charge in [-0.2, -0.15) is 0 Å². The lowest BCUT2D eigenvalue weighted by molar-refractivity contribution is -0.135. The quantitative estimate of drug-likeness (QED) is 0.817. The average molecular weight is 386 g/mol. The van der Waals surface area contributed by atoms with Gasteiger partial charge in [-0.05, 0) is 50.3 Å². The van der Waals surface area contributed by atoms with Crippen LogP contribution in [0.3, 0.4) is 0 Å². The van der Waals surface area contributed by atoms with Crippen LogP contribution in [0.25, 0.3) is 0 Å². The van der Waals surface area contributed by atoms with E-state index in [1.807, 2.05) is 11.8 Å². The van der Waals surface area contributed by atoms with Gasteiger partial charge >= 0.3 is 0 Å². The number of nitrogens with one attached hydrogen (secondary N) is 1. The van der Waals surface area contributed by atoms with E-state index < -0.39 is 0 Å². The highest BCUT2D eigenvalue weighted by Crippen LogP contribution is 2.20. The van der Waals surface area contributed by atoms with E-state index in [1.54, 1.807) is 0 Å². The first-order valence-electron chi connectivity index (χ1n) is 10.9. The van der Waals surface area contributed by atoms with Crippen LogP contribution in [0.1, 0.15) is 63.5 Å². The minimum absolute atomic E-state index is 0.0693. The van der Waals surface area contributed by atoms with Crippen LogP contribution in [0.5, 0.6) is 0 Å². The molecule has 3 rings (SSSR count). The molecule has 2 aliphatic heterocycles. The summed E-state index contributed by atoms with van der Waals surface area (Å²) in [5.74, 6) is 0.139. The third-order valence-electron chi connectivity index (χ3n) is 6.26. The van der Waals surface area contributed by atoms with E-state index in [0.717, 1.165) is 31.5 Å². The van der Waals surface area contributed by atoms with Gasteiger partial charge in [0.15, 0.2) is 0 Å². The van der Waals surface area contributed by atoms with Gasteiger partial charge in [-0.15, -0.1) is 0 Å². The number of carbonyl (C=O) groups is 2. The summed E-state index contributed by atoms with van der Waals surface area (Å²) >= 11 is 0. The lowest BCUT2D eigenvalue weighted by atomic mass is 9.96. The Morgan fingerprint density at radius 1 is 1.04 bits per heavy atom. The van der Waals surface area contributed by atoms with E-state index in [2.05, 4.69) is 41.4 Å². The van der Waals surface area contributed by atoms with Gasteiger partial charge in [0.05, 0.1) is 5.92 Å². The summed E-state index contributed by atoms with van der Waals surface area (Å²) in [6.07, 6.45) is 6.24. The normalized spacial score (nSPS) is 23.4. The van der Waals surface area contributed by atoms with Crippen LogP contribution in [-0.4, -0.2) is 47.3 Å². The zero-order valence-electron chi connectivity index (χ0n) is 17.5. The summed E-state index contributed by atoms with van der Waals surface area (Å²) in [4.78, 5) is 28.8. The second kappa shape index (κ2) is 10.1. The molecule has 0 bridgehead atoms. The standard InChI is InChI=1S/C23H35N3O2/c1-3-22(27)26-14-6-8-21(17-26)23(28)24-15-19-9-11-20(12-10-19)16-25-13-5-4-7-18(25)2/h9-12,18,21H,3-8,13-17H2,1-2H3,(H,24,28). The Hall–Kier alpha value is -1.88. The van der Waals surface area contributed by atoms with Crippen molar-refractivity contribution in [1.82, 2.24) is 15.1 Å². The zero-order valence-corrected chi connectivity index (χ0v) is 17.5. The first-order chi connectivity index (χ1) is 13.6. The molecule has 1 aromatic rings. The van der Waals surface area contributed by atoms with E-state index in [4.69, 9.17) is 0 Å². The molecule has 2 amide bonds. The van der Waals surface area contributed by atoms with Crippen LogP contribution < -0.4 is 5.32 Å². The SMILES string of the molecule is CCC(=O)N1CCCC(C(=O)NCc2ccc(CN3CCCCC3C)cc2)C1. The van der Waals surface area contributed by atoms with Crippen molar-refractivity contribution in [2.24, 2.45) is 5.92 Å². The lowest BCUT2D eigenvalue weighted by Gasteiger charge is -2.33. The topological polar surface area (TPSA) is 52.7 Å². The van der Waals surface area contributed by atoms with Crippen LogP contribution in [0.2, 0.25) is 0 Å². The van der Waals surface area contributed by atoms with Crippen LogP contribution in [0, 0.1) is 5.92 Å². The molecule has 1 aromatic carbocycles. The Bertz CT molecular complexity index is 658. The van der Waals surface area contributed by atoms with Gasteiger partial charge in [0, 0.05) is 38.6 Å². The molecule has 28 heavy (non-hydrogen) atoms. The second-order valence-corrected chi connectivity index (χ2v) is 8.38. The summed E-state index contributed by atoms with van der Waals surface area (Å²) in [6.45, 7) is 8.30. The third-order valence-corrected chi connectivity index (χ3v) is 6.26. The van der Waals surface area contributed by atoms with E-state index in [-0.39, 0.29) is 17.7 Å². The number of carbonyl (C=O) groups excluding carboxylic acids is 2. The Labute approximate surface area is 169 Å². The number of likely N-dealkylation sites (tertiary alicyclic amines) is 2. The first-order valence-corrected chi connectivity index (χ1v) is 10.9. The monoisotopic (exact) mass is 385 g/mol. The molecule has 2 atom stereocenters. The van der Waals surface area contributed by atoms with Crippen LogP contribution in [-0.2, 0) is 22.7 Å². The molecule has 0 aliphatic carbocycles. The minimum atomic E-state index is -0.0795. The Morgan fingerprint density at radius 3 is 2.50 bits per heavy atom. The summed E-state index contributed by atoms with van der Waals surface area (Å²) in [5.41, 5.74) is 2.46. The molecule has 0 saturated carbocycles. The predicted octanol–water partition coefficient (Wildman–Crippen LogP) is 3.33. The molecule has 2 fully saturated rings. The van der Waals surface area contributed by atoms with Crippen molar-refractivity contribution in [2.45, 2.75) is 71.5 Å². The summed E-state index contributed by atoms with van der Waals surface area (Å²) in [6, 6.07) is 9.29. The molecular weight excluding hydrogens is 350 g/mol. The van der Waals surface area contributed by atoms with Gasteiger partial charge in [0.2, 0.25) is 11.8 Å². The number of rotatable bonds is 6. The molecule has 2 saturated heterocycles. The van der Waals surface area contributed by atoms with Gasteiger partial charge in [-0.1, -0.05) is 37.6 Å². The predicted molar refractivity (Wildman–Crippen MR) is 112 cm³/mol. The number of benzene rings is 1. The van der Waals surface area contributed by atoms with E-state index in [0.29, 0.717) is 25.6 Å². The summed E-state index contributed by atoms with van der Waals surface area (Å²) < 4.78 is 0. The van der Waals surface area contributed by atoms with Crippen LogP contribution in [0.4, 0.5) is 0 Å². The van der Waals surface area contributed by atoms with Gasteiger partial charge in [-0.25, -0.2) is 0 Å². The molecular formula is C23H35N3O2. The van der Waals surface area contributed by atoms with E-state index in [9.17, 15) is 9.59 Å². The van der Waals surface area contributed by atoms with Crippen molar-refractivity contribution in [2.75, 3.05) is 19.6 Å². The molecule has 154 valence electrons. The number of hydrogen-bond donors (Lipinski definition) is 1. The minimum Gasteiger partial charge on any atom is -0.352 e. The van der Waals surface area contributed by atoms with Crippen molar-refractivity contribution >= 4 is 11.8 Å². The fourth-order valence-electron chi connectivity index (χ4n) is 4.36. The van der Waals surface area contributed by atoms with Gasteiger partial charge in [0.25, 0.3) is 0 Å². The highest BCUT2D eigenvalue weighted by molar-refractivity contribution is 5.81. The zero-order chi connectivity index (χ0) is 19.9. The van der Waals surface area contributed by atoms with Crippen molar-refractivity contribution in [3.05, 3.63) is 35.4 Å². The molecule has 0 spiro atoms. The maximum Gasteiger partial charge on any atom is 0.225 e. The first kappa shape index (κ1) is 20.8. The second-order valence-electron chi connectivity index (χ2n) is 8.38. The van der Waals surface area contributed by atoms with Gasteiger partial charge in [-0.3, -0.25) is 14.5 Å². The largest absolute Gasteiger partial charge is 0.352 e. The number of amides is 2. The van der Waals surface area contributed by atoms with E-state index >= 15 is 0 Å². The fourth-order valence-corrected chi connectivity index (χ4v) is 4.36. The number of hydrogen-bond acceptors (Lipinski definition) is 3. The van der Waals surface area contributed by atoms with E-state index in [1.165, 1.54) is 31.4 Å². The van der Waals surface area contributed by atoms with Gasteiger partial charge in [0.1, 0.15) is 0 Å². The molecule has 1 N–H and O–H groups in total. The van der Waals surface area contributed by atoms with Crippen LogP contribution in [0.15, 0.2) is 24.3 Å². The maximum atomic E-state index is 12.5. The molecule has 2 unspecified atom stereocenters. The molecule has 5 nitrogen and oxygen atoms in total. The van der Waals surface area contributed by atoms with Crippen molar-refractivity contribution in [3.8, 4) is 0 Å². The average Bonchev–Trinajstić information content (AvgIpc) is 2.74. The number of nitrogens with zero attached hydrogens (tertiary/aromatic N) is 2. The van der Waals surface area contributed by atoms with Crippen molar-refractivity contribution in [3.63, 3.8) is 0 Å². The molecule has 5 heteroatoms. The maximum absolute atomic E-state index is 12.5. The highest BCUT2D eigenvalue weighted by Gasteiger charge is 2.27. The summed E-state index contributed by atoms with van der Waals surface area (Å²) in [7, 11) is 0. The molecule has 2 heterocycles. The van der Waals surface area contributed by atoms with Crippen molar-refractivity contribution < 1.29 is 9.59 Å². The smallest absolute Gasteiger partial charge is 0.225 e. The Morgan fingerprint density at radius 2 is 1.79 bits per heavy atom. The third kappa shape index (κ3) is 5.57. The fraction of sp³-hybridized carbons (Fsp3) is 0.652. The molecule has 0 aromatic heterocycles. The lowest BCUT2D eigenvalue weighted by Crippen LogP contribution is -2.45. The Kier molecular flexibility index (Phi) is 7.49. The van der Waals surface area contributed by atoms with Crippen molar-refractivity contribution in [1.29, 1.82) is 0 Å². The Balaban J connectivity index is 1.46. The molecule has 0 radical (unpaired) electrons. The molecule has 2 aliphatic rings. The highest BCUT2D eigenvalue weighted by atomic mass is 16.2. The van der Waals surface area contributed by atoms with Crippen LogP contribution >= 0.6 is 0 Å². The summed E-state index contributed by atoms with van der Waals surface area (Å²) in [5, 5.41) is 3.07. The number of piperidine rings is 2.